The number of nitrogens with two attached hydrogens (primary N) is 1. The van der Waals surface area contributed by atoms with Crippen molar-refractivity contribution in [1.29, 1.82) is 0 Å². The standard InChI is InChI=1S/C12H16FNO4/c1-6(13)7-4-8(11(14)12(15)16)10(18-3)5-9(7)17-2/h4-6,11H,14H2,1-3H3,(H,15,16). The molecule has 2 atom stereocenters. The number of benzene rings is 1. The van der Waals surface area contributed by atoms with Gasteiger partial charge >= 0.3 is 5.97 Å². The van der Waals surface area contributed by atoms with E-state index in [1.54, 1.807) is 0 Å². The molecule has 5 nitrogen and oxygen atoms in total. The van der Waals surface area contributed by atoms with Crippen LogP contribution in [-0.2, 0) is 4.79 Å². The second kappa shape index (κ2) is 5.68. The third-order valence-corrected chi connectivity index (χ3v) is 2.61. The van der Waals surface area contributed by atoms with Crippen LogP contribution >= 0.6 is 0 Å². The maximum absolute atomic E-state index is 13.5. The zero-order valence-electron chi connectivity index (χ0n) is 10.4. The highest BCUT2D eigenvalue weighted by Crippen LogP contribution is 2.36. The highest BCUT2D eigenvalue weighted by molar-refractivity contribution is 5.76. The molecule has 0 aliphatic rings. The van der Waals surface area contributed by atoms with Gasteiger partial charge in [-0.05, 0) is 13.0 Å². The van der Waals surface area contributed by atoms with Gasteiger partial charge in [0.25, 0.3) is 0 Å². The van der Waals surface area contributed by atoms with Crippen LogP contribution in [0.15, 0.2) is 12.1 Å². The molecule has 0 radical (unpaired) electrons. The van der Waals surface area contributed by atoms with E-state index in [0.29, 0.717) is 5.75 Å². The quantitative estimate of drug-likeness (QED) is 0.840. The molecule has 0 spiro atoms. The van der Waals surface area contributed by atoms with Crippen molar-refractivity contribution in [2.75, 3.05) is 14.2 Å². The number of aliphatic carboxylic acids is 1. The lowest BCUT2D eigenvalue weighted by molar-refractivity contribution is -0.138. The molecule has 0 amide bonds. The second-order valence-electron chi connectivity index (χ2n) is 3.77. The van der Waals surface area contributed by atoms with Crippen molar-refractivity contribution < 1.29 is 23.8 Å². The number of ether oxygens (including phenoxy) is 2. The van der Waals surface area contributed by atoms with Crippen molar-refractivity contribution in [3.8, 4) is 11.5 Å². The Labute approximate surface area is 104 Å². The van der Waals surface area contributed by atoms with E-state index in [-0.39, 0.29) is 16.9 Å². The van der Waals surface area contributed by atoms with Crippen LogP contribution in [0.1, 0.15) is 30.3 Å². The largest absolute Gasteiger partial charge is 0.496 e. The Balaban J connectivity index is 3.40. The summed E-state index contributed by atoms with van der Waals surface area (Å²) in [6.07, 6.45) is -1.30. The number of halogens is 1. The van der Waals surface area contributed by atoms with Gasteiger partial charge < -0.3 is 20.3 Å². The Hall–Kier alpha value is -1.82. The van der Waals surface area contributed by atoms with Gasteiger partial charge in [0, 0.05) is 17.2 Å². The lowest BCUT2D eigenvalue weighted by Gasteiger charge is -2.17. The second-order valence-corrected chi connectivity index (χ2v) is 3.77. The zero-order valence-corrected chi connectivity index (χ0v) is 10.4. The Morgan fingerprint density at radius 3 is 2.17 bits per heavy atom. The molecule has 3 N–H and O–H groups in total. The van der Waals surface area contributed by atoms with Gasteiger partial charge in [0.2, 0.25) is 0 Å². The minimum atomic E-state index is -1.30. The van der Waals surface area contributed by atoms with E-state index < -0.39 is 18.2 Å². The zero-order chi connectivity index (χ0) is 13.9. The summed E-state index contributed by atoms with van der Waals surface area (Å²) >= 11 is 0. The number of rotatable bonds is 5. The fraction of sp³-hybridized carbons (Fsp3) is 0.417. The molecule has 6 heteroatoms. The third-order valence-electron chi connectivity index (χ3n) is 2.61. The Morgan fingerprint density at radius 1 is 1.28 bits per heavy atom. The first-order valence-corrected chi connectivity index (χ1v) is 5.30. The van der Waals surface area contributed by atoms with Gasteiger partial charge in [0.1, 0.15) is 23.7 Å². The molecule has 1 aromatic rings. The van der Waals surface area contributed by atoms with Gasteiger partial charge in [-0.1, -0.05) is 0 Å². The lowest BCUT2D eigenvalue weighted by Crippen LogP contribution is -2.21. The molecule has 0 saturated carbocycles. The van der Waals surface area contributed by atoms with E-state index in [2.05, 4.69) is 0 Å². The molecule has 2 unspecified atom stereocenters. The van der Waals surface area contributed by atoms with Crippen LogP contribution in [0.3, 0.4) is 0 Å². The van der Waals surface area contributed by atoms with Crippen LogP contribution in [0.4, 0.5) is 4.39 Å². The number of hydrogen-bond acceptors (Lipinski definition) is 4. The van der Waals surface area contributed by atoms with Crippen molar-refractivity contribution in [2.24, 2.45) is 5.73 Å². The molecule has 0 bridgehead atoms. The highest BCUT2D eigenvalue weighted by atomic mass is 19.1. The molecule has 0 aliphatic heterocycles. The Bertz CT molecular complexity index is 448. The molecule has 0 aliphatic carbocycles. The average Bonchev–Trinajstić information content (AvgIpc) is 2.35. The Morgan fingerprint density at radius 2 is 1.78 bits per heavy atom. The van der Waals surface area contributed by atoms with Gasteiger partial charge in [-0.25, -0.2) is 4.39 Å². The summed E-state index contributed by atoms with van der Waals surface area (Å²) in [6, 6.07) is 1.52. The average molecular weight is 257 g/mol. The molecular formula is C12H16FNO4. The first-order valence-electron chi connectivity index (χ1n) is 5.30. The number of hydrogen-bond donors (Lipinski definition) is 2. The van der Waals surface area contributed by atoms with Crippen LogP contribution in [0.5, 0.6) is 11.5 Å². The highest BCUT2D eigenvalue weighted by Gasteiger charge is 2.23. The molecule has 0 fully saturated rings. The van der Waals surface area contributed by atoms with E-state index in [4.69, 9.17) is 20.3 Å². The van der Waals surface area contributed by atoms with E-state index in [0.717, 1.165) is 0 Å². The number of methoxy groups -OCH3 is 2. The van der Waals surface area contributed by atoms with Crippen molar-refractivity contribution in [3.63, 3.8) is 0 Å². The van der Waals surface area contributed by atoms with Gasteiger partial charge in [0.05, 0.1) is 14.2 Å². The summed E-state index contributed by atoms with van der Waals surface area (Å²) in [6.45, 7) is 1.33. The molecular weight excluding hydrogens is 241 g/mol. The molecule has 0 heterocycles. The van der Waals surface area contributed by atoms with Crippen LogP contribution in [-0.4, -0.2) is 25.3 Å². The summed E-state index contributed by atoms with van der Waals surface area (Å²) in [5, 5.41) is 8.91. The predicted molar refractivity (Wildman–Crippen MR) is 63.6 cm³/mol. The summed E-state index contributed by atoms with van der Waals surface area (Å²) in [5.41, 5.74) is 5.99. The summed E-state index contributed by atoms with van der Waals surface area (Å²) in [7, 11) is 2.78. The molecule has 1 aromatic carbocycles. The minimum absolute atomic E-state index is 0.213. The summed E-state index contributed by atoms with van der Waals surface area (Å²) in [5.74, 6) is -0.662. The molecule has 1 rings (SSSR count). The van der Waals surface area contributed by atoms with Crippen molar-refractivity contribution >= 4 is 5.97 Å². The van der Waals surface area contributed by atoms with Crippen LogP contribution in [0, 0.1) is 0 Å². The molecule has 0 aromatic heterocycles. The van der Waals surface area contributed by atoms with Gasteiger partial charge in [-0.3, -0.25) is 4.79 Å². The van der Waals surface area contributed by atoms with E-state index in [1.165, 1.54) is 33.3 Å². The third kappa shape index (κ3) is 2.70. The molecule has 18 heavy (non-hydrogen) atoms. The van der Waals surface area contributed by atoms with Gasteiger partial charge in [-0.15, -0.1) is 0 Å². The first kappa shape index (κ1) is 14.2. The summed E-state index contributed by atoms with van der Waals surface area (Å²) < 4.78 is 23.5. The Kier molecular flexibility index (Phi) is 4.49. The number of alkyl halides is 1. The van der Waals surface area contributed by atoms with E-state index in [1.807, 2.05) is 0 Å². The smallest absolute Gasteiger partial charge is 0.325 e. The van der Waals surface area contributed by atoms with Crippen molar-refractivity contribution in [1.82, 2.24) is 0 Å². The summed E-state index contributed by atoms with van der Waals surface area (Å²) in [4.78, 5) is 10.9. The molecule has 100 valence electrons. The fourth-order valence-electron chi connectivity index (χ4n) is 1.64. The molecule has 0 saturated heterocycles. The van der Waals surface area contributed by atoms with Crippen LogP contribution < -0.4 is 15.2 Å². The van der Waals surface area contributed by atoms with E-state index >= 15 is 0 Å². The lowest BCUT2D eigenvalue weighted by atomic mass is 10.0. The maximum Gasteiger partial charge on any atom is 0.325 e. The SMILES string of the molecule is COc1cc(OC)c(C(N)C(=O)O)cc1C(C)F. The van der Waals surface area contributed by atoms with E-state index in [9.17, 15) is 9.18 Å². The van der Waals surface area contributed by atoms with Gasteiger partial charge in [-0.2, -0.15) is 0 Å². The van der Waals surface area contributed by atoms with Gasteiger partial charge in [0.15, 0.2) is 0 Å². The van der Waals surface area contributed by atoms with Crippen LogP contribution in [0.25, 0.3) is 0 Å². The normalized spacial score (nSPS) is 13.8. The predicted octanol–water partition coefficient (Wildman–Crippen LogP) is 1.82. The number of carboxylic acid groups (broad SMARTS) is 1. The monoisotopic (exact) mass is 257 g/mol. The topological polar surface area (TPSA) is 81.8 Å². The minimum Gasteiger partial charge on any atom is -0.496 e. The fourth-order valence-corrected chi connectivity index (χ4v) is 1.64. The first-order chi connectivity index (χ1) is 8.42. The number of carbonyl (C=O) groups is 1. The van der Waals surface area contributed by atoms with Crippen molar-refractivity contribution in [3.05, 3.63) is 23.3 Å². The number of carboxylic acids is 1. The maximum atomic E-state index is 13.5. The van der Waals surface area contributed by atoms with Crippen molar-refractivity contribution in [2.45, 2.75) is 19.1 Å². The van der Waals surface area contributed by atoms with Crippen LogP contribution in [0.2, 0.25) is 0 Å².